The van der Waals surface area contributed by atoms with E-state index in [4.69, 9.17) is 11.6 Å². The van der Waals surface area contributed by atoms with Crippen LogP contribution in [-0.4, -0.2) is 33.0 Å². The van der Waals surface area contributed by atoms with Crippen LogP contribution in [0.2, 0.25) is 5.15 Å². The topological polar surface area (TPSA) is 57.7 Å². The number of hydrogen-bond acceptors (Lipinski definition) is 4. The van der Waals surface area contributed by atoms with Crippen LogP contribution >= 0.6 is 11.6 Å². The fraction of sp³-hybridized carbons (Fsp3) is 0.462. The molecule has 3 rings (SSSR count). The SMILES string of the molecule is FC(F)(F)c1cnc(C2CCN(c3cncc(Cl)n3)CC2)[nH]1. The number of imidazole rings is 1. The standard InChI is InChI=1S/C13H13ClF3N5/c14-10-6-18-7-11(21-10)22-3-1-8(2-4-22)12-19-5-9(20-12)13(15,16)17/h5-8H,1-4H2,(H,19,20). The number of anilines is 1. The molecule has 1 fully saturated rings. The molecule has 3 heterocycles. The van der Waals surface area contributed by atoms with Gasteiger partial charge in [-0.25, -0.2) is 9.97 Å². The van der Waals surface area contributed by atoms with Crippen molar-refractivity contribution >= 4 is 17.4 Å². The van der Waals surface area contributed by atoms with Gasteiger partial charge in [0.15, 0.2) is 0 Å². The minimum absolute atomic E-state index is 0.0144. The summed E-state index contributed by atoms with van der Waals surface area (Å²) in [7, 11) is 0. The maximum absolute atomic E-state index is 12.6. The zero-order valence-corrected chi connectivity index (χ0v) is 12.2. The first-order valence-electron chi connectivity index (χ1n) is 6.78. The molecule has 1 saturated heterocycles. The maximum atomic E-state index is 12.6. The molecule has 0 saturated carbocycles. The van der Waals surface area contributed by atoms with Crippen LogP contribution in [-0.2, 0) is 6.18 Å². The molecule has 0 amide bonds. The summed E-state index contributed by atoms with van der Waals surface area (Å²) in [5, 5.41) is 0.320. The highest BCUT2D eigenvalue weighted by atomic mass is 35.5. The highest BCUT2D eigenvalue weighted by molar-refractivity contribution is 6.29. The Kier molecular flexibility index (Phi) is 3.94. The van der Waals surface area contributed by atoms with E-state index in [9.17, 15) is 13.2 Å². The zero-order chi connectivity index (χ0) is 15.7. The molecular formula is C13H13ClF3N5. The number of hydrogen-bond donors (Lipinski definition) is 1. The lowest BCUT2D eigenvalue weighted by Crippen LogP contribution is -2.33. The van der Waals surface area contributed by atoms with Crippen molar-refractivity contribution in [2.24, 2.45) is 0 Å². The van der Waals surface area contributed by atoms with Gasteiger partial charge in [-0.1, -0.05) is 11.6 Å². The van der Waals surface area contributed by atoms with Gasteiger partial charge in [-0.3, -0.25) is 4.98 Å². The van der Waals surface area contributed by atoms with E-state index in [0.29, 0.717) is 42.7 Å². The summed E-state index contributed by atoms with van der Waals surface area (Å²) in [4.78, 5) is 16.4. The van der Waals surface area contributed by atoms with Crippen LogP contribution in [0.4, 0.5) is 19.0 Å². The predicted octanol–water partition coefficient (Wildman–Crippen LogP) is 3.26. The Morgan fingerprint density at radius 3 is 2.50 bits per heavy atom. The van der Waals surface area contributed by atoms with Crippen LogP contribution in [0.1, 0.15) is 30.3 Å². The summed E-state index contributed by atoms with van der Waals surface area (Å²) in [5.74, 6) is 1.06. The fourth-order valence-corrected chi connectivity index (χ4v) is 2.70. The number of aromatic nitrogens is 4. The number of rotatable bonds is 2. The van der Waals surface area contributed by atoms with Crippen molar-refractivity contribution in [3.63, 3.8) is 0 Å². The normalized spacial score (nSPS) is 17.0. The number of halogens is 4. The van der Waals surface area contributed by atoms with Gasteiger partial charge in [-0.15, -0.1) is 0 Å². The van der Waals surface area contributed by atoms with E-state index >= 15 is 0 Å². The van der Waals surface area contributed by atoms with Gasteiger partial charge in [0.2, 0.25) is 0 Å². The van der Waals surface area contributed by atoms with Crippen molar-refractivity contribution < 1.29 is 13.2 Å². The minimum atomic E-state index is -4.39. The molecule has 9 heteroatoms. The second-order valence-corrected chi connectivity index (χ2v) is 5.53. The molecule has 0 aliphatic carbocycles. The molecule has 0 radical (unpaired) electrons. The molecular weight excluding hydrogens is 319 g/mol. The molecule has 5 nitrogen and oxygen atoms in total. The molecule has 0 spiro atoms. The number of alkyl halides is 3. The monoisotopic (exact) mass is 331 g/mol. The van der Waals surface area contributed by atoms with E-state index in [1.54, 1.807) is 6.20 Å². The minimum Gasteiger partial charge on any atom is -0.355 e. The maximum Gasteiger partial charge on any atom is 0.432 e. The first-order valence-corrected chi connectivity index (χ1v) is 7.16. The number of piperidine rings is 1. The quantitative estimate of drug-likeness (QED) is 0.917. The Morgan fingerprint density at radius 1 is 1.18 bits per heavy atom. The highest BCUT2D eigenvalue weighted by Gasteiger charge is 2.34. The van der Waals surface area contributed by atoms with Crippen molar-refractivity contribution in [2.75, 3.05) is 18.0 Å². The van der Waals surface area contributed by atoms with Gasteiger partial charge < -0.3 is 9.88 Å². The van der Waals surface area contributed by atoms with Gasteiger partial charge in [0.1, 0.15) is 22.5 Å². The first-order chi connectivity index (χ1) is 10.4. The van der Waals surface area contributed by atoms with Gasteiger partial charge in [0.25, 0.3) is 0 Å². The smallest absolute Gasteiger partial charge is 0.355 e. The van der Waals surface area contributed by atoms with Gasteiger partial charge in [-0.2, -0.15) is 13.2 Å². The Morgan fingerprint density at radius 2 is 1.91 bits per heavy atom. The Labute approximate surface area is 129 Å². The fourth-order valence-electron chi connectivity index (χ4n) is 2.56. The van der Waals surface area contributed by atoms with Crippen LogP contribution in [0.5, 0.6) is 0 Å². The van der Waals surface area contributed by atoms with E-state index in [-0.39, 0.29) is 5.92 Å². The van der Waals surface area contributed by atoms with Crippen molar-refractivity contribution in [3.05, 3.63) is 35.3 Å². The Balaban J connectivity index is 1.65. The van der Waals surface area contributed by atoms with Crippen LogP contribution in [0.15, 0.2) is 18.6 Å². The number of nitrogens with one attached hydrogen (secondary N) is 1. The summed E-state index contributed by atoms with van der Waals surface area (Å²) in [6.45, 7) is 1.34. The molecule has 0 unspecified atom stereocenters. The van der Waals surface area contributed by atoms with Gasteiger partial charge in [-0.05, 0) is 12.8 Å². The molecule has 0 bridgehead atoms. The Bertz CT molecular complexity index is 649. The number of aromatic amines is 1. The van der Waals surface area contributed by atoms with E-state index in [0.717, 1.165) is 6.20 Å². The second-order valence-electron chi connectivity index (χ2n) is 5.14. The predicted molar refractivity (Wildman–Crippen MR) is 74.8 cm³/mol. The average Bonchev–Trinajstić information content (AvgIpc) is 2.97. The Hall–Kier alpha value is -1.83. The second kappa shape index (κ2) is 5.75. The molecule has 0 aromatic carbocycles. The molecule has 1 aliphatic rings. The van der Waals surface area contributed by atoms with E-state index in [1.165, 1.54) is 6.20 Å². The number of nitrogens with zero attached hydrogens (tertiary/aromatic N) is 4. The third-order valence-corrected chi connectivity index (χ3v) is 3.88. The van der Waals surface area contributed by atoms with Gasteiger partial charge in [0, 0.05) is 19.0 Å². The van der Waals surface area contributed by atoms with Crippen molar-refractivity contribution in [1.29, 1.82) is 0 Å². The van der Waals surface area contributed by atoms with E-state index < -0.39 is 11.9 Å². The third-order valence-electron chi connectivity index (χ3n) is 3.70. The van der Waals surface area contributed by atoms with Gasteiger partial charge in [0.05, 0.1) is 18.6 Å². The summed E-state index contributed by atoms with van der Waals surface area (Å²) in [6, 6.07) is 0. The lowest BCUT2D eigenvalue weighted by Gasteiger charge is -2.31. The van der Waals surface area contributed by atoms with Crippen LogP contribution in [0, 0.1) is 0 Å². The third kappa shape index (κ3) is 3.16. The molecule has 118 valence electrons. The van der Waals surface area contributed by atoms with Crippen molar-refractivity contribution in [2.45, 2.75) is 24.9 Å². The molecule has 22 heavy (non-hydrogen) atoms. The summed E-state index contributed by atoms with van der Waals surface area (Å²) in [6.07, 6.45) is 0.935. The van der Waals surface area contributed by atoms with Crippen molar-refractivity contribution in [1.82, 2.24) is 19.9 Å². The molecule has 1 aliphatic heterocycles. The van der Waals surface area contributed by atoms with E-state index in [2.05, 4.69) is 19.9 Å². The summed E-state index contributed by atoms with van der Waals surface area (Å²) >= 11 is 5.81. The van der Waals surface area contributed by atoms with E-state index in [1.807, 2.05) is 4.90 Å². The summed E-state index contributed by atoms with van der Waals surface area (Å²) < 4.78 is 37.7. The van der Waals surface area contributed by atoms with Gasteiger partial charge >= 0.3 is 6.18 Å². The molecule has 2 aromatic heterocycles. The lowest BCUT2D eigenvalue weighted by molar-refractivity contribution is -0.141. The molecule has 2 aromatic rings. The summed E-state index contributed by atoms with van der Waals surface area (Å²) in [5.41, 5.74) is -0.800. The van der Waals surface area contributed by atoms with Crippen LogP contribution in [0.3, 0.4) is 0 Å². The first kappa shape index (κ1) is 15.1. The molecule has 1 N–H and O–H groups in total. The number of H-pyrrole nitrogens is 1. The van der Waals surface area contributed by atoms with Crippen molar-refractivity contribution in [3.8, 4) is 0 Å². The average molecular weight is 332 g/mol. The largest absolute Gasteiger partial charge is 0.432 e. The van der Waals surface area contributed by atoms with Crippen LogP contribution < -0.4 is 4.90 Å². The highest BCUT2D eigenvalue weighted by Crippen LogP contribution is 2.32. The zero-order valence-electron chi connectivity index (χ0n) is 11.4. The molecule has 0 atom stereocenters. The lowest BCUT2D eigenvalue weighted by atomic mass is 9.96. The van der Waals surface area contributed by atoms with Crippen LogP contribution in [0.25, 0.3) is 0 Å².